The Bertz CT molecular complexity index is 252. The van der Waals surface area contributed by atoms with E-state index in [0.29, 0.717) is 13.0 Å². The molecule has 0 heterocycles. The van der Waals surface area contributed by atoms with Crippen molar-refractivity contribution < 1.29 is 28.4 Å². The first-order valence-electron chi connectivity index (χ1n) is 4.77. The fraction of sp³-hybridized carbons (Fsp3) is 0.778. The van der Waals surface area contributed by atoms with E-state index in [2.05, 4.69) is 4.74 Å². The van der Waals surface area contributed by atoms with Crippen LogP contribution in [0.1, 0.15) is 12.8 Å². The van der Waals surface area contributed by atoms with Gasteiger partial charge in [-0.3, -0.25) is 13.8 Å². The fourth-order valence-corrected chi connectivity index (χ4v) is 1.83. The van der Waals surface area contributed by atoms with Crippen molar-refractivity contribution in [2.45, 2.75) is 12.8 Å². The zero-order chi connectivity index (χ0) is 12.4. The van der Waals surface area contributed by atoms with E-state index in [-0.39, 0.29) is 24.5 Å². The summed E-state index contributed by atoms with van der Waals surface area (Å²) in [7, 11) is 0.133. The van der Waals surface area contributed by atoms with Crippen LogP contribution in [0.15, 0.2) is 0 Å². The highest BCUT2D eigenvalue weighted by molar-refractivity contribution is 7.85. The van der Waals surface area contributed by atoms with Crippen molar-refractivity contribution in [3.8, 4) is 0 Å². The van der Waals surface area contributed by atoms with Gasteiger partial charge in [0.2, 0.25) is 0 Å². The number of esters is 1. The van der Waals surface area contributed by atoms with Gasteiger partial charge < -0.3 is 14.6 Å². The quantitative estimate of drug-likeness (QED) is 0.451. The molecule has 6 nitrogen and oxygen atoms in total. The zero-order valence-electron chi connectivity index (χ0n) is 9.14. The summed E-state index contributed by atoms with van der Waals surface area (Å²) < 4.78 is 20.6. The Balaban J connectivity index is 3.54. The molecule has 0 bridgehead atoms. The molecule has 0 amide bonds. The van der Waals surface area contributed by atoms with Gasteiger partial charge in [0, 0.05) is 30.1 Å². The number of carboxylic acid groups (broad SMARTS) is 1. The molecule has 16 heavy (non-hydrogen) atoms. The lowest BCUT2D eigenvalue weighted by Crippen LogP contribution is -2.18. The predicted octanol–water partition coefficient (Wildman–Crippen LogP) is -0.210. The molecule has 0 saturated carbocycles. The molecule has 0 fully saturated rings. The van der Waals surface area contributed by atoms with Crippen LogP contribution in [0, 0.1) is 0 Å². The van der Waals surface area contributed by atoms with Gasteiger partial charge in [-0.2, -0.15) is 0 Å². The number of carbonyl (C=O) groups excluding carboxylic acids is 1. The highest BCUT2D eigenvalue weighted by atomic mass is 32.2. The number of rotatable bonds is 9. The maximum atomic E-state index is 11.3. The molecular formula is C9H16O6S. The second-order valence-electron chi connectivity index (χ2n) is 3.00. The summed E-state index contributed by atoms with van der Waals surface area (Å²) in [6.07, 6.45) is 0.262. The van der Waals surface area contributed by atoms with Crippen LogP contribution in [0.3, 0.4) is 0 Å². The molecule has 0 radical (unpaired) electrons. The number of hydrogen-bond acceptors (Lipinski definition) is 5. The van der Waals surface area contributed by atoms with Crippen LogP contribution in [0.5, 0.6) is 0 Å². The maximum absolute atomic E-state index is 11.3. The van der Waals surface area contributed by atoms with Crippen molar-refractivity contribution in [2.24, 2.45) is 0 Å². The van der Waals surface area contributed by atoms with E-state index in [1.165, 1.54) is 7.11 Å². The molecule has 0 rings (SSSR count). The van der Waals surface area contributed by atoms with Gasteiger partial charge in [-0.1, -0.05) is 0 Å². The second kappa shape index (κ2) is 9.29. The Morgan fingerprint density at radius 1 is 1.31 bits per heavy atom. The topological polar surface area (TPSA) is 89.9 Å². The number of carboxylic acids is 1. The first kappa shape index (κ1) is 15.0. The second-order valence-corrected chi connectivity index (χ2v) is 4.58. The fourth-order valence-electron chi connectivity index (χ4n) is 0.868. The summed E-state index contributed by atoms with van der Waals surface area (Å²) in [4.78, 5) is 21.2. The number of ether oxygens (including phenoxy) is 2. The summed E-state index contributed by atoms with van der Waals surface area (Å²) in [6, 6.07) is 0. The van der Waals surface area contributed by atoms with Crippen molar-refractivity contribution in [3.05, 3.63) is 0 Å². The number of aliphatic carboxylic acids is 1. The molecule has 0 aliphatic carbocycles. The van der Waals surface area contributed by atoms with Crippen LogP contribution in [0.2, 0.25) is 0 Å². The van der Waals surface area contributed by atoms with E-state index in [9.17, 15) is 13.8 Å². The summed E-state index contributed by atoms with van der Waals surface area (Å²) >= 11 is 0. The van der Waals surface area contributed by atoms with E-state index in [0.717, 1.165) is 0 Å². The van der Waals surface area contributed by atoms with Crippen molar-refractivity contribution in [1.29, 1.82) is 0 Å². The van der Waals surface area contributed by atoms with Gasteiger partial charge in [0.1, 0.15) is 12.4 Å². The van der Waals surface area contributed by atoms with Gasteiger partial charge >= 0.3 is 11.9 Å². The lowest BCUT2D eigenvalue weighted by atomic mass is 10.3. The number of methoxy groups -OCH3 is 1. The molecule has 0 aromatic heterocycles. The van der Waals surface area contributed by atoms with Crippen LogP contribution in [0.4, 0.5) is 0 Å². The van der Waals surface area contributed by atoms with E-state index >= 15 is 0 Å². The van der Waals surface area contributed by atoms with Crippen LogP contribution in [0.25, 0.3) is 0 Å². The summed E-state index contributed by atoms with van der Waals surface area (Å²) in [5.41, 5.74) is 0. The zero-order valence-corrected chi connectivity index (χ0v) is 9.96. The van der Waals surface area contributed by atoms with Gasteiger partial charge in [-0.05, 0) is 6.42 Å². The van der Waals surface area contributed by atoms with Crippen molar-refractivity contribution in [3.63, 3.8) is 0 Å². The first-order valence-corrected chi connectivity index (χ1v) is 6.26. The normalized spacial score (nSPS) is 12.1. The molecule has 0 aromatic carbocycles. The average molecular weight is 252 g/mol. The number of hydrogen-bond donors (Lipinski definition) is 1. The van der Waals surface area contributed by atoms with Crippen LogP contribution in [-0.2, 0) is 29.9 Å². The Labute approximate surface area is 96.4 Å². The molecular weight excluding hydrogens is 236 g/mol. The Kier molecular flexibility index (Phi) is 8.74. The summed E-state index contributed by atoms with van der Waals surface area (Å²) in [5.74, 6) is -1.47. The minimum Gasteiger partial charge on any atom is -0.481 e. The molecule has 0 aliphatic rings. The molecule has 1 atom stereocenters. The summed E-state index contributed by atoms with van der Waals surface area (Å²) in [6.45, 7) is 0.444. The van der Waals surface area contributed by atoms with Crippen LogP contribution >= 0.6 is 0 Å². The monoisotopic (exact) mass is 252 g/mol. The van der Waals surface area contributed by atoms with Crippen LogP contribution in [-0.4, -0.2) is 53.1 Å². The highest BCUT2D eigenvalue weighted by Gasteiger charge is 2.09. The smallest absolute Gasteiger partial charge is 0.318 e. The van der Waals surface area contributed by atoms with Gasteiger partial charge in [0.15, 0.2) is 0 Å². The van der Waals surface area contributed by atoms with Gasteiger partial charge in [0.05, 0.1) is 6.61 Å². The predicted molar refractivity (Wildman–Crippen MR) is 57.6 cm³/mol. The molecule has 0 aliphatic heterocycles. The molecule has 0 saturated heterocycles. The minimum absolute atomic E-state index is 0.0372. The highest BCUT2D eigenvalue weighted by Crippen LogP contribution is 1.94. The Morgan fingerprint density at radius 2 is 2.00 bits per heavy atom. The lowest BCUT2D eigenvalue weighted by molar-refractivity contribution is -0.141. The van der Waals surface area contributed by atoms with E-state index in [1.54, 1.807) is 0 Å². The molecule has 0 aromatic rings. The molecule has 1 N–H and O–H groups in total. The van der Waals surface area contributed by atoms with Gasteiger partial charge in [-0.25, -0.2) is 0 Å². The third-order valence-corrected chi connectivity index (χ3v) is 2.89. The van der Waals surface area contributed by atoms with Gasteiger partial charge in [0.25, 0.3) is 0 Å². The molecule has 0 spiro atoms. The average Bonchev–Trinajstić information content (AvgIpc) is 2.17. The van der Waals surface area contributed by atoms with Crippen molar-refractivity contribution in [1.82, 2.24) is 0 Å². The lowest BCUT2D eigenvalue weighted by Gasteiger charge is -2.03. The Hall–Kier alpha value is -0.950. The molecule has 94 valence electrons. The third-order valence-electron chi connectivity index (χ3n) is 1.59. The SMILES string of the molecule is COCCOC(=O)CS(=O)CCCC(=O)O. The van der Waals surface area contributed by atoms with E-state index in [4.69, 9.17) is 9.84 Å². The molecule has 7 heteroatoms. The Morgan fingerprint density at radius 3 is 2.56 bits per heavy atom. The molecule has 1 unspecified atom stereocenters. The van der Waals surface area contributed by atoms with E-state index in [1.807, 2.05) is 0 Å². The number of carbonyl (C=O) groups is 2. The summed E-state index contributed by atoms with van der Waals surface area (Å²) in [5, 5.41) is 8.35. The third kappa shape index (κ3) is 9.60. The largest absolute Gasteiger partial charge is 0.481 e. The first-order chi connectivity index (χ1) is 7.56. The van der Waals surface area contributed by atoms with Gasteiger partial charge in [-0.15, -0.1) is 0 Å². The van der Waals surface area contributed by atoms with Crippen molar-refractivity contribution >= 4 is 22.7 Å². The van der Waals surface area contributed by atoms with Crippen LogP contribution < -0.4 is 0 Å². The maximum Gasteiger partial charge on any atom is 0.318 e. The van der Waals surface area contributed by atoms with Crippen molar-refractivity contribution in [2.75, 3.05) is 31.8 Å². The van der Waals surface area contributed by atoms with E-state index < -0.39 is 22.7 Å². The minimum atomic E-state index is -1.35. The standard InChI is InChI=1S/C9H16O6S/c1-14-4-5-15-9(12)7-16(13)6-2-3-8(10)11/h2-7H2,1H3,(H,10,11).